The molecule has 4 nitrogen and oxygen atoms in total. The van der Waals surface area contributed by atoms with Crippen LogP contribution in [0.4, 0.5) is 0 Å². The largest absolute Gasteiger partial charge is 0.496 e. The van der Waals surface area contributed by atoms with Crippen LogP contribution >= 0.6 is 11.3 Å². The van der Waals surface area contributed by atoms with Crippen LogP contribution in [0, 0.1) is 0 Å². The molecule has 0 saturated carbocycles. The van der Waals surface area contributed by atoms with Crippen LogP contribution in [0.3, 0.4) is 0 Å². The number of hydrogen-bond donors (Lipinski definition) is 1. The Labute approximate surface area is 111 Å². The Bertz CT molecular complexity index is 432. The molecule has 1 N–H and O–H groups in total. The lowest BCUT2D eigenvalue weighted by atomic mass is 10.1. The lowest BCUT2D eigenvalue weighted by Gasteiger charge is -2.27. The predicted molar refractivity (Wildman–Crippen MR) is 71.3 cm³/mol. The second kappa shape index (κ2) is 4.90. The zero-order valence-corrected chi connectivity index (χ0v) is 11.3. The Morgan fingerprint density at radius 3 is 3.06 bits per heavy atom. The van der Waals surface area contributed by atoms with Crippen LogP contribution in [0.2, 0.25) is 0 Å². The van der Waals surface area contributed by atoms with Gasteiger partial charge in [0, 0.05) is 30.1 Å². The molecule has 0 radical (unpaired) electrons. The number of ether oxygens (including phenoxy) is 1. The second-order valence-electron chi connectivity index (χ2n) is 4.94. The molecule has 1 amide bonds. The van der Waals surface area contributed by atoms with E-state index in [0.29, 0.717) is 12.1 Å². The molecule has 2 saturated heterocycles. The van der Waals surface area contributed by atoms with Crippen molar-refractivity contribution in [2.75, 3.05) is 20.2 Å². The molecule has 1 aromatic rings. The zero-order valence-electron chi connectivity index (χ0n) is 10.5. The van der Waals surface area contributed by atoms with Gasteiger partial charge in [-0.3, -0.25) is 4.79 Å². The highest BCUT2D eigenvalue weighted by atomic mass is 32.1. The minimum Gasteiger partial charge on any atom is -0.496 e. The number of fused-ring (bicyclic) bond motifs is 2. The fourth-order valence-corrected chi connectivity index (χ4v) is 3.78. The summed E-state index contributed by atoms with van der Waals surface area (Å²) in [5, 5.41) is 5.31. The molecule has 0 aliphatic carbocycles. The molecule has 2 atom stereocenters. The van der Waals surface area contributed by atoms with Crippen molar-refractivity contribution in [2.45, 2.75) is 31.3 Å². The van der Waals surface area contributed by atoms with Crippen molar-refractivity contribution in [1.82, 2.24) is 10.2 Å². The molecule has 2 unspecified atom stereocenters. The molecule has 2 aliphatic rings. The van der Waals surface area contributed by atoms with Crippen molar-refractivity contribution in [2.24, 2.45) is 0 Å². The minimum absolute atomic E-state index is 0.180. The van der Waals surface area contributed by atoms with E-state index in [1.54, 1.807) is 7.11 Å². The smallest absolute Gasteiger partial charge is 0.264 e. The van der Waals surface area contributed by atoms with Gasteiger partial charge in [-0.2, -0.15) is 0 Å². The number of methoxy groups -OCH3 is 1. The van der Waals surface area contributed by atoms with Gasteiger partial charge in [-0.15, -0.1) is 11.3 Å². The van der Waals surface area contributed by atoms with E-state index in [4.69, 9.17) is 4.74 Å². The number of nitrogens with zero attached hydrogens (tertiary/aromatic N) is 1. The first kappa shape index (κ1) is 12.0. The summed E-state index contributed by atoms with van der Waals surface area (Å²) in [7, 11) is 1.63. The van der Waals surface area contributed by atoms with E-state index in [1.807, 2.05) is 11.4 Å². The van der Waals surface area contributed by atoms with Gasteiger partial charge in [-0.1, -0.05) is 0 Å². The van der Waals surface area contributed by atoms with Crippen molar-refractivity contribution in [3.63, 3.8) is 0 Å². The third-order valence-electron chi connectivity index (χ3n) is 3.91. The van der Waals surface area contributed by atoms with Crippen LogP contribution in [-0.2, 0) is 0 Å². The first-order valence-electron chi connectivity index (χ1n) is 6.45. The molecule has 3 heterocycles. The van der Waals surface area contributed by atoms with E-state index in [0.717, 1.165) is 43.0 Å². The van der Waals surface area contributed by atoms with Crippen molar-refractivity contribution in [3.8, 4) is 5.75 Å². The summed E-state index contributed by atoms with van der Waals surface area (Å²) in [6, 6.07) is 2.65. The maximum atomic E-state index is 12.6. The molecule has 18 heavy (non-hydrogen) atoms. The summed E-state index contributed by atoms with van der Waals surface area (Å²) < 4.78 is 5.15. The third-order valence-corrected chi connectivity index (χ3v) is 4.81. The SMILES string of the molecule is COc1csc(C(=O)N2C3CCNCC2CC3)c1. The zero-order chi connectivity index (χ0) is 12.5. The number of nitrogens with one attached hydrogen (secondary N) is 1. The Balaban J connectivity index is 1.82. The molecule has 5 heteroatoms. The van der Waals surface area contributed by atoms with Gasteiger partial charge in [0.1, 0.15) is 5.75 Å². The van der Waals surface area contributed by atoms with E-state index >= 15 is 0 Å². The summed E-state index contributed by atoms with van der Waals surface area (Å²) >= 11 is 1.48. The van der Waals surface area contributed by atoms with Crippen molar-refractivity contribution < 1.29 is 9.53 Å². The van der Waals surface area contributed by atoms with E-state index in [1.165, 1.54) is 11.3 Å². The first-order valence-corrected chi connectivity index (χ1v) is 7.33. The predicted octanol–water partition coefficient (Wildman–Crippen LogP) is 1.72. The normalized spacial score (nSPS) is 27.1. The number of carbonyl (C=O) groups is 1. The maximum absolute atomic E-state index is 12.6. The molecular weight excluding hydrogens is 248 g/mol. The number of hydrogen-bond acceptors (Lipinski definition) is 4. The van der Waals surface area contributed by atoms with Crippen molar-refractivity contribution >= 4 is 17.2 Å². The molecule has 98 valence electrons. The minimum atomic E-state index is 0.180. The topological polar surface area (TPSA) is 41.6 Å². The third kappa shape index (κ3) is 2.01. The Kier molecular flexibility index (Phi) is 3.26. The van der Waals surface area contributed by atoms with Crippen LogP contribution in [0.5, 0.6) is 5.75 Å². The average molecular weight is 266 g/mol. The van der Waals surface area contributed by atoms with Gasteiger partial charge < -0.3 is 15.0 Å². The Morgan fingerprint density at radius 1 is 1.44 bits per heavy atom. The lowest BCUT2D eigenvalue weighted by Crippen LogP contribution is -2.42. The van der Waals surface area contributed by atoms with Crippen LogP contribution in [0.25, 0.3) is 0 Å². The molecule has 2 bridgehead atoms. The van der Waals surface area contributed by atoms with E-state index in [2.05, 4.69) is 10.2 Å². The van der Waals surface area contributed by atoms with Crippen LogP contribution in [0.1, 0.15) is 28.9 Å². The summed E-state index contributed by atoms with van der Waals surface area (Å²) in [6.45, 7) is 1.96. The quantitative estimate of drug-likeness (QED) is 0.886. The van der Waals surface area contributed by atoms with Crippen molar-refractivity contribution in [1.29, 1.82) is 0 Å². The molecule has 0 spiro atoms. The number of thiophene rings is 1. The average Bonchev–Trinajstić information content (AvgIpc) is 2.92. The molecule has 2 aliphatic heterocycles. The van der Waals surface area contributed by atoms with Gasteiger partial charge in [-0.05, 0) is 25.8 Å². The van der Waals surface area contributed by atoms with Crippen LogP contribution in [0.15, 0.2) is 11.4 Å². The molecule has 1 aromatic heterocycles. The Morgan fingerprint density at radius 2 is 2.28 bits per heavy atom. The molecular formula is C13H18N2O2S. The van der Waals surface area contributed by atoms with E-state index in [-0.39, 0.29) is 5.91 Å². The summed E-state index contributed by atoms with van der Waals surface area (Å²) in [6.07, 6.45) is 3.36. The van der Waals surface area contributed by atoms with Crippen molar-refractivity contribution in [3.05, 3.63) is 16.3 Å². The summed E-state index contributed by atoms with van der Waals surface area (Å²) in [5.41, 5.74) is 0. The fourth-order valence-electron chi connectivity index (χ4n) is 2.98. The Hall–Kier alpha value is -1.07. The fraction of sp³-hybridized carbons (Fsp3) is 0.615. The van der Waals surface area contributed by atoms with Gasteiger partial charge in [0.15, 0.2) is 0 Å². The summed E-state index contributed by atoms with van der Waals surface area (Å²) in [4.78, 5) is 15.5. The number of carbonyl (C=O) groups excluding carboxylic acids is 1. The molecule has 0 aromatic carbocycles. The lowest BCUT2D eigenvalue weighted by molar-refractivity contribution is 0.0685. The maximum Gasteiger partial charge on any atom is 0.264 e. The highest BCUT2D eigenvalue weighted by Gasteiger charge is 2.38. The van der Waals surface area contributed by atoms with Gasteiger partial charge in [0.2, 0.25) is 0 Å². The highest BCUT2D eigenvalue weighted by molar-refractivity contribution is 7.12. The molecule has 2 fully saturated rings. The number of amides is 1. The standard InChI is InChI=1S/C13H18N2O2S/c1-17-11-6-12(18-8-11)13(16)15-9-2-3-10(15)7-14-5-4-9/h6,8-10,14H,2-5,7H2,1H3. The first-order chi connectivity index (χ1) is 8.79. The number of rotatable bonds is 2. The highest BCUT2D eigenvalue weighted by Crippen LogP contribution is 2.31. The van der Waals surface area contributed by atoms with Gasteiger partial charge in [-0.25, -0.2) is 0 Å². The van der Waals surface area contributed by atoms with Crippen LogP contribution < -0.4 is 10.1 Å². The second-order valence-corrected chi connectivity index (χ2v) is 5.85. The summed E-state index contributed by atoms with van der Waals surface area (Å²) in [5.74, 6) is 0.961. The molecule has 3 rings (SSSR count). The van der Waals surface area contributed by atoms with E-state index in [9.17, 15) is 4.79 Å². The monoisotopic (exact) mass is 266 g/mol. The van der Waals surface area contributed by atoms with Gasteiger partial charge >= 0.3 is 0 Å². The van der Waals surface area contributed by atoms with E-state index < -0.39 is 0 Å². The van der Waals surface area contributed by atoms with Gasteiger partial charge in [0.25, 0.3) is 5.91 Å². The van der Waals surface area contributed by atoms with Gasteiger partial charge in [0.05, 0.1) is 12.0 Å². The van der Waals surface area contributed by atoms with Crippen LogP contribution in [-0.4, -0.2) is 43.1 Å².